The Balaban J connectivity index is 0.829. The van der Waals surface area contributed by atoms with Gasteiger partial charge in [-0.3, -0.25) is 70.1 Å². The van der Waals surface area contributed by atoms with Gasteiger partial charge < -0.3 is 118 Å². The topological polar surface area (TPSA) is 978 Å². The number of nitrogens with zero attached hydrogens (tertiary/aromatic N) is 4. The van der Waals surface area contributed by atoms with Crippen LogP contribution in [0.2, 0.25) is 0 Å². The van der Waals surface area contributed by atoms with E-state index in [2.05, 4.69) is 54.2 Å². The van der Waals surface area contributed by atoms with E-state index >= 15 is 0 Å². The number of rotatable bonds is 58. The summed E-state index contributed by atoms with van der Waals surface area (Å²) in [4.78, 5) is 229. The summed E-state index contributed by atoms with van der Waals surface area (Å²) in [5.41, 5.74) is -6.86. The summed E-state index contributed by atoms with van der Waals surface area (Å²) in [6, 6.07) is 4.69. The number of phosphoric acid groups is 8. The number of carbonyl (C=O) groups excluding carboxylic acids is 2. The molecule has 145 heavy (non-hydrogen) atoms. The zero-order chi connectivity index (χ0) is 109. The Hall–Kier alpha value is -5.91. The second kappa shape index (κ2) is 48.6. The van der Waals surface area contributed by atoms with E-state index < -0.39 is 268 Å². The lowest BCUT2D eigenvalue weighted by Gasteiger charge is -2.27. The molecule has 2 fully saturated rings. The van der Waals surface area contributed by atoms with Crippen molar-refractivity contribution in [2.24, 2.45) is 0 Å². The number of carboxylic acids is 2. The number of aromatic carboxylic acids is 2. The molecule has 8 rings (SSSR count). The van der Waals surface area contributed by atoms with Crippen LogP contribution >= 0.6 is 93.0 Å². The second-order valence-electron chi connectivity index (χ2n) is 33.2. The lowest BCUT2D eigenvalue weighted by atomic mass is 9.78. The summed E-state index contributed by atoms with van der Waals surface area (Å²) in [7, 11) is -83.3. The van der Waals surface area contributed by atoms with Gasteiger partial charge in [0.2, 0.25) is 5.69 Å². The number of hydrogen-bond acceptors (Lipinski definition) is 42. The first kappa shape index (κ1) is 124. The van der Waals surface area contributed by atoms with E-state index in [4.69, 9.17) is 18.5 Å². The Morgan fingerprint density at radius 2 is 0.883 bits per heavy atom. The highest BCUT2D eigenvalue weighted by Gasteiger charge is 2.54. The summed E-state index contributed by atoms with van der Waals surface area (Å²) in [6.07, 6.45) is -3.35. The zero-order valence-corrected chi connectivity index (χ0v) is 88.5. The van der Waals surface area contributed by atoms with E-state index in [0.29, 0.717) is 0 Å². The van der Waals surface area contributed by atoms with Crippen LogP contribution in [0.15, 0.2) is 79.8 Å². The quantitative estimate of drug-likeness (QED) is 0.0117. The van der Waals surface area contributed by atoms with Crippen LogP contribution in [0.5, 0.6) is 0 Å². The molecule has 0 bridgehead atoms. The molecule has 15 unspecified atom stereocenters. The molecule has 0 spiro atoms. The molecular weight excluding hydrogens is 2250 g/mol. The van der Waals surface area contributed by atoms with Gasteiger partial charge in [-0.05, 0) is 84.1 Å². The van der Waals surface area contributed by atoms with E-state index in [1.54, 1.807) is 27.7 Å². The number of benzene rings is 2. The highest BCUT2D eigenvalue weighted by molar-refractivity contribution is 7.86. The lowest BCUT2D eigenvalue weighted by Crippen LogP contribution is -2.33. The van der Waals surface area contributed by atoms with Crippen LogP contribution in [0.4, 0.5) is 11.4 Å². The van der Waals surface area contributed by atoms with Gasteiger partial charge in [0.1, 0.15) is 31.2 Å². The highest BCUT2D eigenvalue weighted by atomic mass is 32.2. The maximum absolute atomic E-state index is 14.0. The molecule has 78 heteroatoms. The Labute approximate surface area is 819 Å². The Morgan fingerprint density at radius 1 is 0.503 bits per heavy atom. The third kappa shape index (κ3) is 37.2. The van der Waals surface area contributed by atoms with Crippen molar-refractivity contribution in [2.75, 3.05) is 80.8 Å². The number of nitrogens with one attached hydrogen (secondary N) is 4. The molecule has 18 atom stereocenters. The molecule has 2 aromatic heterocycles. The van der Waals surface area contributed by atoms with Gasteiger partial charge in [-0.25, -0.2) is 72.7 Å². The first-order valence-electron chi connectivity index (χ1n) is 41.8. The number of carboxylic acid groups (broad SMARTS) is 2. The number of hydrogen-bond donors (Lipinski definition) is 21. The molecule has 818 valence electrons. The average molecular weight is 2350 g/mol. The molecule has 6 heterocycles. The standard InChI is InChI=1S/C67H102N8O56P12S2/c1-40-34-74(64(86)70-58(40)78)54-32-48(76)50(122-54)36-120-136(96,97)126-140(104,105)130-142(108,109)128-138(100,101)124-134(92,93)38-132(88,89)118-24-13-9-7-11-20-68-60(80)42-28-44(62(82)83)56-46(30-42)72(22-16-26-144(112,113)114)52(66(56,3)4)18-15-19-53-67(5,6)57-45(63(84)85)29-43(31-47(57)73(53)23-17-27-145(115,116)117)61(81)69-21-12-8-10-14-25-119-133(90,91)39-135(94,95)125-139(102,103)129-143(110,111)131-141(106,107)127-137(98,99)121-37-51-49(77)33-55(123-51)75-35-41(2)59(79)71-65(75)87/h15,18-19,28-31,34-35,48-51,54-55,76-77H,7-14,16-17,20-27,32-33,36-39H2,1-6H3,(H19-,68,69,70,71,78,79,80,81,82,83,84,85,86,87,88,89,90,91,92,93,94,95,96,97,98,99,100,101,102,103,104,105,106,107,108,109,110,111,112,113,114,115,116,117)/t48?,49?,50-,51-,54-,55?/m0/s1. The number of ether oxygens (including phenoxy) is 2. The predicted octanol–water partition coefficient (Wildman–Crippen LogP) is 5.16. The van der Waals surface area contributed by atoms with Crippen LogP contribution in [0, 0.1) is 13.8 Å². The van der Waals surface area contributed by atoms with Crippen molar-refractivity contribution in [3.63, 3.8) is 0 Å². The number of carbonyl (C=O) groups is 4. The molecule has 4 aromatic rings. The highest BCUT2D eigenvalue weighted by Crippen LogP contribution is 2.77. The number of amides is 2. The van der Waals surface area contributed by atoms with E-state index in [9.17, 15) is 198 Å². The van der Waals surface area contributed by atoms with Crippen LogP contribution in [-0.4, -0.2) is 259 Å². The Bertz CT molecular complexity index is 6840. The number of H-pyrrole nitrogens is 2. The molecule has 21 N–H and O–H groups in total. The normalized spacial score (nSPS) is 23.3. The predicted molar refractivity (Wildman–Crippen MR) is 490 cm³/mol. The van der Waals surface area contributed by atoms with E-state index in [1.165, 1.54) is 53.7 Å². The number of aliphatic hydroxyl groups excluding tert-OH is 2. The van der Waals surface area contributed by atoms with Gasteiger partial charge in [0.25, 0.3) is 33.1 Å². The minimum absolute atomic E-state index is 0.0317. The molecular formula is C67H102N8O56P12S2. The number of anilines is 1. The third-order valence-corrected chi connectivity index (χ3v) is 43.9. The number of aliphatic hydroxyl groups is 2. The molecule has 0 radical (unpaired) electrons. The molecule has 2 amide bonds. The summed E-state index contributed by atoms with van der Waals surface area (Å²) in [5.74, 6) is -10.7. The Morgan fingerprint density at radius 3 is 1.28 bits per heavy atom. The van der Waals surface area contributed by atoms with Crippen molar-refractivity contribution in [2.45, 2.75) is 166 Å². The Kier molecular flexibility index (Phi) is 41.7. The van der Waals surface area contributed by atoms with Gasteiger partial charge in [0, 0.05) is 114 Å². The second-order valence-corrected chi connectivity index (χ2v) is 57.4. The summed E-state index contributed by atoms with van der Waals surface area (Å²) >= 11 is 0. The fraction of sp³-hybridized carbons (Fsp3) is 0.567. The molecule has 4 aliphatic rings. The number of unbranched alkanes of at least 4 members (excludes halogenated alkanes) is 6. The minimum Gasteiger partial charge on any atom is -0.748 e. The molecule has 0 saturated carbocycles. The van der Waals surface area contributed by atoms with Crippen LogP contribution < -0.4 is 38.0 Å². The maximum Gasteiger partial charge on any atom is 0.490 e. The molecule has 2 saturated heterocycles. The number of phosphoric ester groups is 2. The smallest absolute Gasteiger partial charge is 0.490 e. The van der Waals surface area contributed by atoms with Crippen LogP contribution in [0.25, 0.3) is 0 Å². The number of aryl methyl sites for hydroxylation is 2. The zero-order valence-electron chi connectivity index (χ0n) is 76.1. The number of fused-ring (bicyclic) bond motifs is 2. The number of aromatic nitrogens is 4. The maximum atomic E-state index is 14.0. The van der Waals surface area contributed by atoms with Crippen molar-refractivity contribution < 1.29 is 246 Å². The first-order chi connectivity index (χ1) is 66.2. The van der Waals surface area contributed by atoms with E-state index in [1.807, 2.05) is 9.97 Å². The van der Waals surface area contributed by atoms with Crippen molar-refractivity contribution in [1.82, 2.24) is 29.7 Å². The van der Waals surface area contributed by atoms with Crippen LogP contribution in [-0.2, 0) is 148 Å². The van der Waals surface area contributed by atoms with Gasteiger partial charge in [-0.1, -0.05) is 45.6 Å². The number of allylic oxidation sites excluding steroid dienone is 4. The lowest BCUT2D eigenvalue weighted by molar-refractivity contribution is -0.437. The largest absolute Gasteiger partial charge is 0.748 e. The van der Waals surface area contributed by atoms with Crippen molar-refractivity contribution in [3.05, 3.63) is 147 Å². The van der Waals surface area contributed by atoms with Gasteiger partial charge in [-0.2, -0.15) is 38.9 Å². The van der Waals surface area contributed by atoms with E-state index in [0.717, 1.165) is 33.7 Å². The molecule has 4 aliphatic heterocycles. The minimum atomic E-state index is -6.61. The average Bonchev–Trinajstić information content (AvgIpc) is 1.57. The van der Waals surface area contributed by atoms with Gasteiger partial charge >= 0.3 is 116 Å². The SMILES string of the molecule is Cc1cn(C2CC(O)[C@H](COP(=O)(O)OP(=O)(O)OP(=O)(O)OP(=O)(O)OP(=O)(O)CP(=O)(O)OCCCCCCNC(=O)c3cc(C(=O)O)c4c(c3)[N+](CCCS(=O)(=O)[O-])=C(/C=C/C=C3/N(CCCS(=O)(=O)O)c5cc(C(=O)NCCCCCCOP(=O)(O)CP(=O)(O)OP(=O)(O)OP(=O)(O)OP(=O)(O)OP(=O)(O)OC[C@@H]6O[C@H](n7cc(C)c(=O)[nH]c7=O)CC6O)cc(C(=O)O)c5C3(C)C)C4(C)C)O2)c(=O)[nH]c1=O. The number of aromatic amines is 2. The fourth-order valence-corrected chi connectivity index (χ4v) is 34.5. The van der Waals surface area contributed by atoms with Crippen LogP contribution in [0.1, 0.15) is 181 Å². The first-order valence-corrected chi connectivity index (χ1v) is 64.0. The molecule has 64 nitrogen and oxygen atoms in total. The van der Waals surface area contributed by atoms with Gasteiger partial charge in [-0.15, -0.1) is 0 Å². The van der Waals surface area contributed by atoms with Gasteiger partial charge in [0.05, 0.1) is 76.6 Å². The summed E-state index contributed by atoms with van der Waals surface area (Å²) < 4.78 is 284. The monoisotopic (exact) mass is 2350 g/mol. The van der Waals surface area contributed by atoms with Crippen molar-refractivity contribution in [1.29, 1.82) is 0 Å². The molecule has 2 aromatic carbocycles. The van der Waals surface area contributed by atoms with Crippen molar-refractivity contribution in [3.8, 4) is 0 Å². The van der Waals surface area contributed by atoms with Crippen molar-refractivity contribution >= 4 is 154 Å². The van der Waals surface area contributed by atoms with Crippen LogP contribution in [0.3, 0.4) is 0 Å². The van der Waals surface area contributed by atoms with Gasteiger partial charge in [0.15, 0.2) is 17.5 Å². The fourth-order valence-electron chi connectivity index (χ4n) is 14.9. The summed E-state index contributed by atoms with van der Waals surface area (Å²) in [6.45, 7) is 4.32. The molecule has 0 aliphatic carbocycles. The van der Waals surface area contributed by atoms with E-state index in [-0.39, 0.29) is 159 Å². The summed E-state index contributed by atoms with van der Waals surface area (Å²) in [5, 5.41) is 47.5. The third-order valence-electron chi connectivity index (χ3n) is 20.8.